The molecule has 0 saturated heterocycles. The van der Waals surface area contributed by atoms with Gasteiger partial charge in [-0.05, 0) is 24.6 Å². The second-order valence-electron chi connectivity index (χ2n) is 3.70. The number of rotatable bonds is 6. The number of aliphatic hydroxyl groups excluding tert-OH is 1. The van der Waals surface area contributed by atoms with Crippen LogP contribution in [0, 0.1) is 5.82 Å². The Balaban J connectivity index is 2.58. The first kappa shape index (κ1) is 14.4. The Morgan fingerprint density at radius 2 is 2.33 bits per heavy atom. The Morgan fingerprint density at radius 1 is 1.61 bits per heavy atom. The first-order valence-corrected chi connectivity index (χ1v) is 5.63. The maximum absolute atomic E-state index is 13.5. The minimum absolute atomic E-state index is 0.149. The summed E-state index contributed by atoms with van der Waals surface area (Å²) >= 11 is 0. The number of carbonyl (C=O) groups excluding carboxylic acids is 1. The Bertz CT molecular complexity index is 412. The maximum Gasteiger partial charge on any atom is 0.239 e. The van der Waals surface area contributed by atoms with Crippen molar-refractivity contribution < 1.29 is 19.0 Å². The van der Waals surface area contributed by atoms with Gasteiger partial charge >= 0.3 is 0 Å². The van der Waals surface area contributed by atoms with Crippen LogP contribution in [0.4, 0.5) is 4.39 Å². The van der Waals surface area contributed by atoms with Gasteiger partial charge in [-0.25, -0.2) is 4.39 Å². The van der Waals surface area contributed by atoms with Gasteiger partial charge in [-0.1, -0.05) is 6.07 Å². The van der Waals surface area contributed by atoms with Crippen LogP contribution in [0.3, 0.4) is 0 Å². The molecule has 1 atom stereocenters. The summed E-state index contributed by atoms with van der Waals surface area (Å²) in [4.78, 5) is 11.3. The number of halogens is 1. The molecule has 4 N–H and O–H groups in total. The first-order chi connectivity index (χ1) is 8.58. The Morgan fingerprint density at radius 3 is 2.89 bits per heavy atom. The third-order valence-electron chi connectivity index (χ3n) is 2.30. The number of aliphatic hydroxyl groups is 1. The molecular weight excluding hydrogens is 239 g/mol. The zero-order valence-electron chi connectivity index (χ0n) is 10.1. The molecule has 6 heteroatoms. The summed E-state index contributed by atoms with van der Waals surface area (Å²) < 4.78 is 18.5. The highest BCUT2D eigenvalue weighted by Gasteiger charge is 2.11. The zero-order chi connectivity index (χ0) is 13.5. The number of hydrogen-bond acceptors (Lipinski definition) is 4. The molecule has 0 aliphatic rings. The molecule has 100 valence electrons. The van der Waals surface area contributed by atoms with Crippen LogP contribution in [0.1, 0.15) is 12.5 Å². The fourth-order valence-electron chi connectivity index (χ4n) is 1.33. The number of amides is 1. The normalized spacial score (nSPS) is 12.0. The van der Waals surface area contributed by atoms with Crippen molar-refractivity contribution in [3.05, 3.63) is 29.6 Å². The molecule has 0 aliphatic carbocycles. The van der Waals surface area contributed by atoms with E-state index in [0.29, 0.717) is 12.2 Å². The van der Waals surface area contributed by atoms with Gasteiger partial charge in [-0.15, -0.1) is 0 Å². The van der Waals surface area contributed by atoms with Crippen molar-refractivity contribution in [1.29, 1.82) is 0 Å². The summed E-state index contributed by atoms with van der Waals surface area (Å²) in [6.45, 7) is 1.88. The van der Waals surface area contributed by atoms with E-state index in [1.54, 1.807) is 13.0 Å². The van der Waals surface area contributed by atoms with Crippen molar-refractivity contribution in [2.45, 2.75) is 19.5 Å². The molecule has 1 aromatic rings. The van der Waals surface area contributed by atoms with Gasteiger partial charge in [0.1, 0.15) is 6.04 Å². The minimum Gasteiger partial charge on any atom is -0.491 e. The monoisotopic (exact) mass is 256 g/mol. The van der Waals surface area contributed by atoms with Gasteiger partial charge in [-0.2, -0.15) is 0 Å². The first-order valence-electron chi connectivity index (χ1n) is 5.63. The van der Waals surface area contributed by atoms with E-state index in [4.69, 9.17) is 15.6 Å². The SMILES string of the molecule is CCOc1ccc(CNC(=O)C(N)CO)cc1F. The van der Waals surface area contributed by atoms with E-state index in [1.165, 1.54) is 12.1 Å². The zero-order valence-corrected chi connectivity index (χ0v) is 10.1. The van der Waals surface area contributed by atoms with Gasteiger partial charge in [0.15, 0.2) is 11.6 Å². The summed E-state index contributed by atoms with van der Waals surface area (Å²) in [7, 11) is 0. The van der Waals surface area contributed by atoms with Crippen LogP contribution in [0.2, 0.25) is 0 Å². The second-order valence-corrected chi connectivity index (χ2v) is 3.70. The summed E-state index contributed by atoms with van der Waals surface area (Å²) in [6.07, 6.45) is 0. The standard InChI is InChI=1S/C12H17FN2O3/c1-2-18-11-4-3-8(5-9(11)13)6-15-12(17)10(14)7-16/h3-5,10,16H,2,6-7,14H2,1H3,(H,15,17). The van der Waals surface area contributed by atoms with E-state index in [9.17, 15) is 9.18 Å². The van der Waals surface area contributed by atoms with Gasteiger partial charge in [0.05, 0.1) is 13.2 Å². The molecule has 0 fully saturated rings. The number of benzene rings is 1. The number of nitrogens with one attached hydrogen (secondary N) is 1. The quantitative estimate of drug-likeness (QED) is 0.677. The fourth-order valence-corrected chi connectivity index (χ4v) is 1.33. The average Bonchev–Trinajstić information content (AvgIpc) is 2.38. The van der Waals surface area contributed by atoms with Crippen molar-refractivity contribution in [3.8, 4) is 5.75 Å². The number of ether oxygens (including phenoxy) is 1. The van der Waals surface area contributed by atoms with E-state index in [-0.39, 0.29) is 12.3 Å². The van der Waals surface area contributed by atoms with Gasteiger partial charge < -0.3 is 20.9 Å². The highest BCUT2D eigenvalue weighted by molar-refractivity contribution is 5.81. The van der Waals surface area contributed by atoms with Crippen LogP contribution in [0.15, 0.2) is 18.2 Å². The Hall–Kier alpha value is -1.66. The van der Waals surface area contributed by atoms with Crippen LogP contribution in [-0.4, -0.2) is 30.3 Å². The van der Waals surface area contributed by atoms with Crippen LogP contribution >= 0.6 is 0 Å². The van der Waals surface area contributed by atoms with E-state index >= 15 is 0 Å². The summed E-state index contributed by atoms with van der Waals surface area (Å²) in [6, 6.07) is 3.48. The van der Waals surface area contributed by atoms with Crippen LogP contribution in [0.25, 0.3) is 0 Å². The van der Waals surface area contributed by atoms with Gasteiger partial charge in [0.25, 0.3) is 0 Å². The largest absolute Gasteiger partial charge is 0.491 e. The fraction of sp³-hybridized carbons (Fsp3) is 0.417. The highest BCUT2D eigenvalue weighted by Crippen LogP contribution is 2.18. The smallest absolute Gasteiger partial charge is 0.239 e. The second kappa shape index (κ2) is 6.93. The molecule has 0 radical (unpaired) electrons. The lowest BCUT2D eigenvalue weighted by Crippen LogP contribution is -2.42. The molecule has 0 spiro atoms. The maximum atomic E-state index is 13.5. The molecule has 0 aromatic heterocycles. The molecule has 1 amide bonds. The van der Waals surface area contributed by atoms with Crippen molar-refractivity contribution >= 4 is 5.91 Å². The molecule has 5 nitrogen and oxygen atoms in total. The number of hydrogen-bond donors (Lipinski definition) is 3. The van der Waals surface area contributed by atoms with E-state index in [1.807, 2.05) is 0 Å². The number of nitrogens with two attached hydrogens (primary N) is 1. The molecule has 1 unspecified atom stereocenters. The molecule has 0 bridgehead atoms. The highest BCUT2D eigenvalue weighted by atomic mass is 19.1. The van der Waals surface area contributed by atoms with Gasteiger partial charge in [0, 0.05) is 6.54 Å². The topological polar surface area (TPSA) is 84.6 Å². The molecular formula is C12H17FN2O3. The predicted octanol–water partition coefficient (Wildman–Crippen LogP) is 0.160. The average molecular weight is 256 g/mol. The Labute approximate surface area is 105 Å². The lowest BCUT2D eigenvalue weighted by molar-refractivity contribution is -0.123. The van der Waals surface area contributed by atoms with Gasteiger partial charge in [0.2, 0.25) is 5.91 Å². The summed E-state index contributed by atoms with van der Waals surface area (Å²) in [5.74, 6) is -0.776. The van der Waals surface area contributed by atoms with E-state index in [0.717, 1.165) is 0 Å². The van der Waals surface area contributed by atoms with E-state index < -0.39 is 24.4 Å². The predicted molar refractivity (Wildman–Crippen MR) is 64.5 cm³/mol. The van der Waals surface area contributed by atoms with Crippen molar-refractivity contribution in [2.75, 3.05) is 13.2 Å². The molecule has 18 heavy (non-hydrogen) atoms. The molecule has 1 rings (SSSR count). The molecule has 0 aliphatic heterocycles. The lowest BCUT2D eigenvalue weighted by Gasteiger charge is -2.10. The van der Waals surface area contributed by atoms with Crippen LogP contribution < -0.4 is 15.8 Å². The van der Waals surface area contributed by atoms with Crippen molar-refractivity contribution in [1.82, 2.24) is 5.32 Å². The molecule has 0 heterocycles. The van der Waals surface area contributed by atoms with E-state index in [2.05, 4.69) is 5.32 Å². The van der Waals surface area contributed by atoms with Gasteiger partial charge in [-0.3, -0.25) is 4.79 Å². The summed E-state index contributed by atoms with van der Waals surface area (Å²) in [5, 5.41) is 11.2. The lowest BCUT2D eigenvalue weighted by atomic mass is 10.2. The van der Waals surface area contributed by atoms with Crippen LogP contribution in [-0.2, 0) is 11.3 Å². The summed E-state index contributed by atoms with van der Waals surface area (Å²) in [5.41, 5.74) is 5.91. The van der Waals surface area contributed by atoms with Crippen molar-refractivity contribution in [3.63, 3.8) is 0 Å². The third-order valence-corrected chi connectivity index (χ3v) is 2.30. The van der Waals surface area contributed by atoms with Crippen LogP contribution in [0.5, 0.6) is 5.75 Å². The number of carbonyl (C=O) groups is 1. The molecule has 1 aromatic carbocycles. The van der Waals surface area contributed by atoms with Crippen molar-refractivity contribution in [2.24, 2.45) is 5.73 Å². The molecule has 0 saturated carbocycles. The third kappa shape index (κ3) is 3.97. The minimum atomic E-state index is -0.961. The Kier molecular flexibility index (Phi) is 5.54.